The summed E-state index contributed by atoms with van der Waals surface area (Å²) in [5.74, 6) is -1.13. The van der Waals surface area contributed by atoms with Crippen LogP contribution in [-0.2, 0) is 4.79 Å². The number of carbonyl (C=O) groups is 2. The molecule has 0 unspecified atom stereocenters. The van der Waals surface area contributed by atoms with E-state index >= 15 is 0 Å². The van der Waals surface area contributed by atoms with Gasteiger partial charge in [-0.05, 0) is 12.3 Å². The molecule has 6 heteroatoms. The molecular weight excluding hydrogens is 226 g/mol. The molecule has 0 aliphatic rings. The highest BCUT2D eigenvalue weighted by Gasteiger charge is 2.02. The molecule has 17 heavy (non-hydrogen) atoms. The van der Waals surface area contributed by atoms with Crippen molar-refractivity contribution in [1.82, 2.24) is 5.16 Å². The zero-order valence-electron chi connectivity index (χ0n) is 9.92. The number of carboxylic acids is 2. The standard InChI is InChI=1S/C7H14O2.C4H3NO3/c1-6(2)4-3-5-7(8)9;6-4(7)3-1-2-8-5-3/h6H,3-5H2,1-2H3,(H,8,9);1-2H,(H,6,7). The largest absolute Gasteiger partial charge is 0.481 e. The van der Waals surface area contributed by atoms with E-state index in [1.165, 1.54) is 12.3 Å². The number of aromatic carboxylic acids is 1. The van der Waals surface area contributed by atoms with Crippen molar-refractivity contribution in [2.24, 2.45) is 5.92 Å². The summed E-state index contributed by atoms with van der Waals surface area (Å²) in [6.07, 6.45) is 3.36. The Morgan fingerprint density at radius 3 is 2.35 bits per heavy atom. The van der Waals surface area contributed by atoms with Crippen molar-refractivity contribution < 1.29 is 24.3 Å². The number of hydrogen-bond acceptors (Lipinski definition) is 4. The number of aliphatic carboxylic acids is 1. The highest BCUT2D eigenvalue weighted by Crippen LogP contribution is 2.05. The molecule has 0 radical (unpaired) electrons. The molecule has 0 aliphatic carbocycles. The molecule has 0 aliphatic heterocycles. The predicted molar refractivity (Wildman–Crippen MR) is 59.8 cm³/mol. The van der Waals surface area contributed by atoms with E-state index in [2.05, 4.69) is 23.5 Å². The first-order chi connectivity index (χ1) is 7.93. The van der Waals surface area contributed by atoms with Crippen LogP contribution in [0.2, 0.25) is 0 Å². The first kappa shape index (κ1) is 15.2. The van der Waals surface area contributed by atoms with Gasteiger partial charge in [-0.2, -0.15) is 0 Å². The van der Waals surface area contributed by atoms with Gasteiger partial charge in [-0.15, -0.1) is 0 Å². The molecule has 6 nitrogen and oxygen atoms in total. The topological polar surface area (TPSA) is 101 Å². The summed E-state index contributed by atoms with van der Waals surface area (Å²) < 4.78 is 4.24. The molecule has 1 aromatic heterocycles. The van der Waals surface area contributed by atoms with Crippen molar-refractivity contribution in [3.8, 4) is 0 Å². The first-order valence-corrected chi connectivity index (χ1v) is 5.29. The van der Waals surface area contributed by atoms with E-state index < -0.39 is 11.9 Å². The Balaban J connectivity index is 0.000000302. The number of nitrogens with zero attached hydrogens (tertiary/aromatic N) is 1. The number of rotatable bonds is 5. The van der Waals surface area contributed by atoms with Crippen LogP contribution >= 0.6 is 0 Å². The Morgan fingerprint density at radius 1 is 1.41 bits per heavy atom. The maximum Gasteiger partial charge on any atom is 0.358 e. The number of carboxylic acid groups (broad SMARTS) is 2. The van der Waals surface area contributed by atoms with Gasteiger partial charge in [0.1, 0.15) is 6.26 Å². The van der Waals surface area contributed by atoms with Crippen LogP contribution in [0.4, 0.5) is 0 Å². The zero-order chi connectivity index (χ0) is 13.3. The highest BCUT2D eigenvalue weighted by atomic mass is 16.5. The Bertz CT molecular complexity index is 332. The van der Waals surface area contributed by atoms with Crippen LogP contribution in [0.5, 0.6) is 0 Å². The Hall–Kier alpha value is -1.85. The fraction of sp³-hybridized carbons (Fsp3) is 0.545. The van der Waals surface area contributed by atoms with Gasteiger partial charge in [0, 0.05) is 12.5 Å². The summed E-state index contributed by atoms with van der Waals surface area (Å²) in [6.45, 7) is 4.20. The van der Waals surface area contributed by atoms with Gasteiger partial charge < -0.3 is 14.7 Å². The normalized spacial score (nSPS) is 9.59. The van der Waals surface area contributed by atoms with Gasteiger partial charge in [-0.3, -0.25) is 4.79 Å². The molecule has 0 spiro atoms. The van der Waals surface area contributed by atoms with Gasteiger partial charge in [-0.25, -0.2) is 4.79 Å². The quantitative estimate of drug-likeness (QED) is 0.822. The van der Waals surface area contributed by atoms with Crippen LogP contribution in [0, 0.1) is 5.92 Å². The third kappa shape index (κ3) is 9.10. The third-order valence-electron chi connectivity index (χ3n) is 1.83. The summed E-state index contributed by atoms with van der Waals surface area (Å²) in [6, 6.07) is 1.28. The molecule has 96 valence electrons. The molecule has 0 amide bonds. The smallest absolute Gasteiger partial charge is 0.358 e. The summed E-state index contributed by atoms with van der Waals surface area (Å²) in [5.41, 5.74) is -0.0648. The third-order valence-corrected chi connectivity index (χ3v) is 1.83. The second-order valence-corrected chi connectivity index (χ2v) is 3.87. The molecule has 0 saturated carbocycles. The second kappa shape index (κ2) is 8.32. The predicted octanol–water partition coefficient (Wildman–Crippen LogP) is 2.27. The summed E-state index contributed by atoms with van der Waals surface area (Å²) in [4.78, 5) is 19.9. The zero-order valence-corrected chi connectivity index (χ0v) is 9.92. The van der Waals surface area contributed by atoms with E-state index in [-0.39, 0.29) is 5.69 Å². The maximum absolute atomic E-state index is 9.98. The van der Waals surface area contributed by atoms with Crippen LogP contribution in [0.1, 0.15) is 43.6 Å². The van der Waals surface area contributed by atoms with E-state index in [1.807, 2.05) is 0 Å². The second-order valence-electron chi connectivity index (χ2n) is 3.87. The lowest BCUT2D eigenvalue weighted by molar-refractivity contribution is -0.137. The number of aromatic nitrogens is 1. The summed E-state index contributed by atoms with van der Waals surface area (Å²) >= 11 is 0. The molecule has 0 fully saturated rings. The molecule has 1 aromatic rings. The minimum atomic E-state index is -1.07. The van der Waals surface area contributed by atoms with Gasteiger partial charge in [0.2, 0.25) is 0 Å². The van der Waals surface area contributed by atoms with Crippen molar-refractivity contribution in [3.63, 3.8) is 0 Å². The average Bonchev–Trinajstić information content (AvgIpc) is 2.69. The molecule has 2 N–H and O–H groups in total. The summed E-state index contributed by atoms with van der Waals surface area (Å²) in [7, 11) is 0. The van der Waals surface area contributed by atoms with Crippen molar-refractivity contribution in [2.75, 3.05) is 0 Å². The lowest BCUT2D eigenvalue weighted by atomic mass is 10.1. The van der Waals surface area contributed by atoms with E-state index in [4.69, 9.17) is 10.2 Å². The maximum atomic E-state index is 9.98. The van der Waals surface area contributed by atoms with Crippen LogP contribution < -0.4 is 0 Å². The lowest BCUT2D eigenvalue weighted by Crippen LogP contribution is -1.95. The van der Waals surface area contributed by atoms with Gasteiger partial charge in [0.05, 0.1) is 0 Å². The minimum Gasteiger partial charge on any atom is -0.481 e. The van der Waals surface area contributed by atoms with Crippen molar-refractivity contribution in [3.05, 3.63) is 18.0 Å². The fourth-order valence-corrected chi connectivity index (χ4v) is 0.984. The van der Waals surface area contributed by atoms with E-state index in [0.717, 1.165) is 12.8 Å². The molecule has 1 heterocycles. The van der Waals surface area contributed by atoms with Gasteiger partial charge in [0.15, 0.2) is 5.69 Å². The van der Waals surface area contributed by atoms with Crippen LogP contribution in [-0.4, -0.2) is 27.3 Å². The Morgan fingerprint density at radius 2 is 2.06 bits per heavy atom. The molecule has 0 saturated heterocycles. The first-order valence-electron chi connectivity index (χ1n) is 5.29. The molecule has 0 atom stereocenters. The van der Waals surface area contributed by atoms with Crippen LogP contribution in [0.25, 0.3) is 0 Å². The molecule has 1 rings (SSSR count). The Kier molecular flexibility index (Phi) is 7.41. The van der Waals surface area contributed by atoms with Crippen LogP contribution in [0.15, 0.2) is 16.9 Å². The van der Waals surface area contributed by atoms with Gasteiger partial charge in [-0.1, -0.05) is 25.4 Å². The van der Waals surface area contributed by atoms with Gasteiger partial charge >= 0.3 is 11.9 Å². The lowest BCUT2D eigenvalue weighted by Gasteiger charge is -1.99. The average molecular weight is 243 g/mol. The van der Waals surface area contributed by atoms with E-state index in [1.54, 1.807) is 0 Å². The van der Waals surface area contributed by atoms with Crippen LogP contribution in [0.3, 0.4) is 0 Å². The highest BCUT2D eigenvalue weighted by molar-refractivity contribution is 5.84. The van der Waals surface area contributed by atoms with Crippen molar-refractivity contribution >= 4 is 11.9 Å². The fourth-order valence-electron chi connectivity index (χ4n) is 0.984. The van der Waals surface area contributed by atoms with Crippen molar-refractivity contribution in [2.45, 2.75) is 33.1 Å². The van der Waals surface area contributed by atoms with Gasteiger partial charge in [0.25, 0.3) is 0 Å². The summed E-state index contributed by atoms with van der Waals surface area (Å²) in [5, 5.41) is 19.5. The molecule has 0 aromatic carbocycles. The monoisotopic (exact) mass is 243 g/mol. The van der Waals surface area contributed by atoms with E-state index in [9.17, 15) is 9.59 Å². The van der Waals surface area contributed by atoms with Crippen molar-refractivity contribution in [1.29, 1.82) is 0 Å². The SMILES string of the molecule is CC(C)CCCC(=O)O.O=C(O)c1ccon1. The minimum absolute atomic E-state index is 0.0648. The number of hydrogen-bond donors (Lipinski definition) is 2. The Labute approximate surface area is 99.2 Å². The molecular formula is C11H17NO5. The molecule has 0 bridgehead atoms. The van der Waals surface area contributed by atoms with E-state index in [0.29, 0.717) is 12.3 Å².